The quantitative estimate of drug-likeness (QED) is 0.251. The molecule has 2 aliphatic heterocycles. The average molecular weight is 651 g/mol. The number of urea groups is 1. The first-order valence-corrected chi connectivity index (χ1v) is 16.2. The molecule has 4 unspecified atom stereocenters. The minimum atomic E-state index is -0.478. The van der Waals surface area contributed by atoms with Gasteiger partial charge in [-0.2, -0.15) is 0 Å². The molecule has 2 heterocycles. The molecule has 45 heavy (non-hydrogen) atoms. The predicted molar refractivity (Wildman–Crippen MR) is 179 cm³/mol. The number of halogens is 2. The number of esters is 1. The molecule has 2 aliphatic rings. The first-order chi connectivity index (χ1) is 21.4. The molecule has 0 saturated carbocycles. The topological polar surface area (TPSA) is 71.4 Å². The van der Waals surface area contributed by atoms with Crippen molar-refractivity contribution in [3.05, 3.63) is 99.0 Å². The summed E-state index contributed by atoms with van der Waals surface area (Å²) in [6.07, 6.45) is 1.05. The van der Waals surface area contributed by atoms with Crippen LogP contribution in [0.25, 0.3) is 0 Å². The second-order valence-corrected chi connectivity index (χ2v) is 13.7. The number of nitrogens with zero attached hydrogens (tertiary/aromatic N) is 3. The summed E-state index contributed by atoms with van der Waals surface area (Å²) in [6, 6.07) is 20.1. The van der Waals surface area contributed by atoms with Crippen molar-refractivity contribution in [2.45, 2.75) is 71.0 Å². The van der Waals surface area contributed by atoms with Crippen LogP contribution in [0, 0.1) is 5.92 Å². The van der Waals surface area contributed by atoms with Gasteiger partial charge < -0.3 is 14.4 Å². The maximum absolute atomic E-state index is 14.9. The fourth-order valence-corrected chi connectivity index (χ4v) is 6.53. The zero-order valence-electron chi connectivity index (χ0n) is 26.7. The van der Waals surface area contributed by atoms with Crippen LogP contribution >= 0.6 is 23.2 Å². The molecular weight excluding hydrogens is 609 g/mol. The lowest BCUT2D eigenvalue weighted by Gasteiger charge is -2.41. The van der Waals surface area contributed by atoms with Crippen molar-refractivity contribution >= 4 is 41.0 Å². The Bertz CT molecular complexity index is 1570. The van der Waals surface area contributed by atoms with Crippen LogP contribution in [0.5, 0.6) is 5.75 Å². The highest BCUT2D eigenvalue weighted by molar-refractivity contribution is 6.30. The van der Waals surface area contributed by atoms with Gasteiger partial charge in [-0.1, -0.05) is 74.3 Å². The van der Waals surface area contributed by atoms with Gasteiger partial charge in [-0.3, -0.25) is 14.7 Å². The maximum Gasteiger partial charge on any atom is 0.326 e. The molecule has 0 aromatic heterocycles. The van der Waals surface area contributed by atoms with Gasteiger partial charge >= 0.3 is 12.0 Å². The summed E-state index contributed by atoms with van der Waals surface area (Å²) in [7, 11) is 1.41. The molecule has 9 heteroatoms. The van der Waals surface area contributed by atoms with E-state index in [2.05, 4.69) is 32.9 Å². The summed E-state index contributed by atoms with van der Waals surface area (Å²) < 4.78 is 11.3. The molecule has 0 N–H and O–H groups in total. The van der Waals surface area contributed by atoms with E-state index < -0.39 is 12.1 Å². The molecule has 0 aliphatic carbocycles. The third-order valence-corrected chi connectivity index (χ3v) is 9.24. The van der Waals surface area contributed by atoms with Crippen LogP contribution in [0.1, 0.15) is 81.8 Å². The molecule has 1 fully saturated rings. The van der Waals surface area contributed by atoms with Crippen LogP contribution in [0.15, 0.2) is 71.7 Å². The van der Waals surface area contributed by atoms with Gasteiger partial charge in [-0.15, -0.1) is 0 Å². The van der Waals surface area contributed by atoms with Gasteiger partial charge in [0.1, 0.15) is 17.6 Å². The number of piperidine rings is 1. The first kappa shape index (κ1) is 32.8. The van der Waals surface area contributed by atoms with Crippen molar-refractivity contribution in [2.75, 3.05) is 20.3 Å². The summed E-state index contributed by atoms with van der Waals surface area (Å²) in [6.45, 7) is 11.3. The lowest BCUT2D eigenvalue weighted by Crippen LogP contribution is -2.53. The van der Waals surface area contributed by atoms with Crippen LogP contribution in [0.4, 0.5) is 4.79 Å². The lowest BCUT2D eigenvalue weighted by molar-refractivity contribution is -0.147. The highest BCUT2D eigenvalue weighted by Gasteiger charge is 2.46. The number of amides is 2. The van der Waals surface area contributed by atoms with Gasteiger partial charge in [-0.05, 0) is 85.2 Å². The third kappa shape index (κ3) is 6.85. The molecule has 4 atom stereocenters. The number of amidine groups is 1. The van der Waals surface area contributed by atoms with E-state index in [9.17, 15) is 9.59 Å². The number of ether oxygens (including phenoxy) is 2. The maximum atomic E-state index is 14.9. The number of carbonyl (C=O) groups excluding carboxylic acids is 2. The van der Waals surface area contributed by atoms with Crippen molar-refractivity contribution in [2.24, 2.45) is 10.9 Å². The SMILES string of the molecule is CCOc1cc(C(C)(C)C)ccc1C1=NC(c2ccc(Cl)cc2)C(c2ccc(Cl)cc2)N1C(=O)N1CCC(C(=O)OC)CC1C. The van der Waals surface area contributed by atoms with Crippen molar-refractivity contribution < 1.29 is 19.1 Å². The fraction of sp³-hybridized carbons (Fsp3) is 0.417. The second kappa shape index (κ2) is 13.4. The first-order valence-electron chi connectivity index (χ1n) is 15.5. The highest BCUT2D eigenvalue weighted by Crippen LogP contribution is 2.46. The number of hydrogen-bond donors (Lipinski definition) is 0. The van der Waals surface area contributed by atoms with Gasteiger partial charge in [0.05, 0.1) is 31.2 Å². The van der Waals surface area contributed by atoms with Crippen LogP contribution in [0.2, 0.25) is 10.0 Å². The van der Waals surface area contributed by atoms with Gasteiger partial charge in [-0.25, -0.2) is 4.79 Å². The molecular formula is C36H41Cl2N3O4. The number of methoxy groups -OCH3 is 1. The molecule has 0 radical (unpaired) electrons. The monoisotopic (exact) mass is 649 g/mol. The number of likely N-dealkylation sites (tertiary alicyclic amines) is 1. The van der Waals surface area contributed by atoms with Crippen molar-refractivity contribution in [1.82, 2.24) is 9.80 Å². The largest absolute Gasteiger partial charge is 0.493 e. The number of carbonyl (C=O) groups is 2. The van der Waals surface area contributed by atoms with Gasteiger partial charge in [0.15, 0.2) is 0 Å². The van der Waals surface area contributed by atoms with Crippen molar-refractivity contribution in [3.8, 4) is 5.75 Å². The molecule has 0 spiro atoms. The summed E-state index contributed by atoms with van der Waals surface area (Å²) in [5, 5.41) is 1.23. The lowest BCUT2D eigenvalue weighted by atomic mass is 9.86. The summed E-state index contributed by atoms with van der Waals surface area (Å²) >= 11 is 12.6. The summed E-state index contributed by atoms with van der Waals surface area (Å²) in [5.41, 5.74) is 3.58. The Morgan fingerprint density at radius 3 is 2.13 bits per heavy atom. The highest BCUT2D eigenvalue weighted by atomic mass is 35.5. The van der Waals surface area contributed by atoms with Crippen LogP contribution in [-0.2, 0) is 14.9 Å². The smallest absolute Gasteiger partial charge is 0.326 e. The van der Waals surface area contributed by atoms with Gasteiger partial charge in [0, 0.05) is 22.6 Å². The van der Waals surface area contributed by atoms with E-state index in [1.165, 1.54) is 7.11 Å². The Kier molecular flexibility index (Phi) is 9.80. The van der Waals surface area contributed by atoms with E-state index in [1.807, 2.05) is 78.2 Å². The Hall–Kier alpha value is -3.55. The number of aliphatic imine (C=N–C) groups is 1. The second-order valence-electron chi connectivity index (χ2n) is 12.8. The molecule has 3 aromatic rings. The minimum Gasteiger partial charge on any atom is -0.493 e. The molecule has 0 bridgehead atoms. The van der Waals surface area contributed by atoms with Crippen LogP contribution in [-0.4, -0.2) is 53.9 Å². The normalized spacial score (nSPS) is 21.8. The van der Waals surface area contributed by atoms with Gasteiger partial charge in [0.2, 0.25) is 0 Å². The molecule has 2 amide bonds. The Morgan fingerprint density at radius 1 is 0.956 bits per heavy atom. The Balaban J connectivity index is 1.68. The van der Waals surface area contributed by atoms with E-state index in [1.54, 1.807) is 0 Å². The van der Waals surface area contributed by atoms with Crippen molar-refractivity contribution in [1.29, 1.82) is 0 Å². The predicted octanol–water partition coefficient (Wildman–Crippen LogP) is 8.63. The van der Waals surface area contributed by atoms with E-state index >= 15 is 0 Å². The summed E-state index contributed by atoms with van der Waals surface area (Å²) in [4.78, 5) is 36.2. The van der Waals surface area contributed by atoms with E-state index in [4.69, 9.17) is 37.7 Å². The number of rotatable bonds is 6. The van der Waals surface area contributed by atoms with Gasteiger partial charge in [0.25, 0.3) is 0 Å². The standard InChI is InChI=1S/C36H41Cl2N3O4/c1-7-45-30-21-26(36(3,4)5)12-17-29(30)33-39-31(23-8-13-27(37)14-9-23)32(24-10-15-28(38)16-11-24)41(33)35(43)40-19-18-25(20-22(40)2)34(42)44-6/h8-17,21-22,25,31-32H,7,18-20H2,1-6H3. The molecule has 238 valence electrons. The fourth-order valence-electron chi connectivity index (χ4n) is 6.28. The number of hydrogen-bond acceptors (Lipinski definition) is 5. The molecule has 7 nitrogen and oxygen atoms in total. The van der Waals surface area contributed by atoms with Crippen LogP contribution in [0.3, 0.4) is 0 Å². The Labute approximate surface area is 276 Å². The summed E-state index contributed by atoms with van der Waals surface area (Å²) in [5.74, 6) is 0.722. The minimum absolute atomic E-state index is 0.103. The van der Waals surface area contributed by atoms with E-state index in [0.29, 0.717) is 47.6 Å². The van der Waals surface area contributed by atoms with Crippen LogP contribution < -0.4 is 4.74 Å². The van der Waals surface area contributed by atoms with Crippen molar-refractivity contribution in [3.63, 3.8) is 0 Å². The zero-order valence-corrected chi connectivity index (χ0v) is 28.2. The average Bonchev–Trinajstić information content (AvgIpc) is 3.41. The molecule has 3 aromatic carbocycles. The molecule has 5 rings (SSSR count). The molecule has 1 saturated heterocycles. The zero-order chi connectivity index (χ0) is 32.5. The van der Waals surface area contributed by atoms with E-state index in [-0.39, 0.29) is 29.4 Å². The Morgan fingerprint density at radius 2 is 1.58 bits per heavy atom. The van der Waals surface area contributed by atoms with E-state index in [0.717, 1.165) is 22.3 Å². The number of benzene rings is 3. The third-order valence-electron chi connectivity index (χ3n) is 8.74.